The maximum atomic E-state index is 10.6. The van der Waals surface area contributed by atoms with Crippen LogP contribution in [0.5, 0.6) is 0 Å². The summed E-state index contributed by atoms with van der Waals surface area (Å²) in [6.07, 6.45) is 1.34. The van der Waals surface area contributed by atoms with E-state index in [1.54, 1.807) is 11.4 Å². The Hall–Kier alpha value is -2.33. The van der Waals surface area contributed by atoms with Crippen molar-refractivity contribution >= 4 is 39.9 Å². The van der Waals surface area contributed by atoms with Gasteiger partial charge in [0.1, 0.15) is 5.01 Å². The first-order chi connectivity index (χ1) is 9.06. The topological polar surface area (TPSA) is 124 Å². The molecule has 0 aliphatic heterocycles. The van der Waals surface area contributed by atoms with Gasteiger partial charge in [-0.2, -0.15) is 5.10 Å². The highest BCUT2D eigenvalue weighted by atomic mass is 32.1. The largest absolute Gasteiger partial charge is 0.350 e. The summed E-state index contributed by atoms with van der Waals surface area (Å²) in [5.41, 5.74) is 7.42. The van der Waals surface area contributed by atoms with Crippen LogP contribution < -0.4 is 11.2 Å². The summed E-state index contributed by atoms with van der Waals surface area (Å²) in [4.78, 5) is 25.5. The molecule has 0 saturated carbocycles. The van der Waals surface area contributed by atoms with Crippen molar-refractivity contribution in [3.05, 3.63) is 33.3 Å². The second-order valence-corrected chi connectivity index (χ2v) is 5.13. The number of rotatable bonds is 4. The number of primary amides is 1. The van der Waals surface area contributed by atoms with Gasteiger partial charge in [0.05, 0.1) is 21.7 Å². The fourth-order valence-corrected chi connectivity index (χ4v) is 2.82. The highest BCUT2D eigenvalue weighted by Crippen LogP contribution is 2.34. The van der Waals surface area contributed by atoms with E-state index < -0.39 is 11.0 Å². The van der Waals surface area contributed by atoms with Gasteiger partial charge >= 0.3 is 11.0 Å². The number of nitrogens with one attached hydrogen (secondary N) is 1. The molecule has 8 nitrogen and oxygen atoms in total. The van der Waals surface area contributed by atoms with Crippen LogP contribution in [-0.2, 0) is 0 Å². The summed E-state index contributed by atoms with van der Waals surface area (Å²) in [6, 6.07) is 2.31. The number of nitrogens with two attached hydrogens (primary N) is 1. The molecule has 0 unspecified atom stereocenters. The molecule has 2 rings (SSSR count). The first kappa shape index (κ1) is 13.1. The van der Waals surface area contributed by atoms with Crippen molar-refractivity contribution in [2.45, 2.75) is 0 Å². The number of amides is 2. The molecule has 0 aliphatic carbocycles. The van der Waals surface area contributed by atoms with Crippen molar-refractivity contribution in [2.24, 2.45) is 10.8 Å². The van der Waals surface area contributed by atoms with Gasteiger partial charge in [0.25, 0.3) is 0 Å². The third-order valence-corrected chi connectivity index (χ3v) is 3.94. The number of thiazole rings is 1. The third-order valence-electron chi connectivity index (χ3n) is 1.88. The van der Waals surface area contributed by atoms with Crippen LogP contribution in [0, 0.1) is 10.1 Å². The maximum Gasteiger partial charge on any atom is 0.332 e. The Morgan fingerprint density at radius 1 is 1.58 bits per heavy atom. The van der Waals surface area contributed by atoms with Crippen LogP contribution in [0.4, 0.5) is 9.80 Å². The SMILES string of the molecule is NC(=O)N/N=C/c1csc(-c2ccc([N+](=O)[O-])s2)n1. The maximum absolute atomic E-state index is 10.6. The van der Waals surface area contributed by atoms with Crippen LogP contribution in [0.2, 0.25) is 0 Å². The van der Waals surface area contributed by atoms with Crippen LogP contribution >= 0.6 is 22.7 Å². The standard InChI is InChI=1S/C9H7N5O3S2/c10-9(15)13-11-3-5-4-18-8(12-5)6-1-2-7(19-6)14(16)17/h1-4H,(H3,10,13,15)/b11-3+. The third kappa shape index (κ3) is 3.33. The lowest BCUT2D eigenvalue weighted by molar-refractivity contribution is -0.380. The Bertz CT molecular complexity index is 648. The minimum absolute atomic E-state index is 0.0656. The van der Waals surface area contributed by atoms with Gasteiger partial charge in [-0.05, 0) is 6.07 Å². The number of nitro groups is 1. The van der Waals surface area contributed by atoms with Gasteiger partial charge in [-0.3, -0.25) is 10.1 Å². The Morgan fingerprint density at radius 3 is 3.00 bits per heavy atom. The average Bonchev–Trinajstić information content (AvgIpc) is 2.95. The monoisotopic (exact) mass is 297 g/mol. The number of carbonyl (C=O) groups excluding carboxylic acids is 1. The smallest absolute Gasteiger partial charge is 0.332 e. The summed E-state index contributed by atoms with van der Waals surface area (Å²) >= 11 is 2.38. The Labute approximate surface area is 114 Å². The van der Waals surface area contributed by atoms with Gasteiger partial charge in [-0.1, -0.05) is 11.3 Å². The summed E-state index contributed by atoms with van der Waals surface area (Å²) in [5, 5.41) is 16.6. The molecule has 2 amide bonds. The molecule has 2 aromatic rings. The lowest BCUT2D eigenvalue weighted by Gasteiger charge is -1.88. The molecule has 3 N–H and O–H groups in total. The zero-order valence-electron chi connectivity index (χ0n) is 9.27. The molecular formula is C9H7N5O3S2. The van der Waals surface area contributed by atoms with Crippen molar-refractivity contribution in [3.8, 4) is 9.88 Å². The van der Waals surface area contributed by atoms with Gasteiger partial charge in [-0.25, -0.2) is 15.2 Å². The Balaban J connectivity index is 2.13. The zero-order valence-corrected chi connectivity index (χ0v) is 10.9. The minimum atomic E-state index is -0.763. The lowest BCUT2D eigenvalue weighted by Crippen LogP contribution is -2.24. The summed E-state index contributed by atoms with van der Waals surface area (Å²) in [7, 11) is 0. The van der Waals surface area contributed by atoms with Crippen molar-refractivity contribution in [3.63, 3.8) is 0 Å². The summed E-state index contributed by atoms with van der Waals surface area (Å²) in [6.45, 7) is 0. The molecule has 0 radical (unpaired) electrons. The molecule has 2 heterocycles. The number of aromatic nitrogens is 1. The first-order valence-corrected chi connectivity index (χ1v) is 6.54. The molecule has 19 heavy (non-hydrogen) atoms. The van der Waals surface area contributed by atoms with Crippen molar-refractivity contribution in [2.75, 3.05) is 0 Å². The number of thiophene rings is 1. The predicted molar refractivity (Wildman–Crippen MR) is 72.4 cm³/mol. The van der Waals surface area contributed by atoms with E-state index in [9.17, 15) is 14.9 Å². The molecule has 0 aliphatic rings. The minimum Gasteiger partial charge on any atom is -0.350 e. The van der Waals surface area contributed by atoms with Crippen LogP contribution in [0.3, 0.4) is 0 Å². The highest BCUT2D eigenvalue weighted by molar-refractivity contribution is 7.23. The summed E-state index contributed by atoms with van der Waals surface area (Å²) < 4.78 is 0. The van der Waals surface area contributed by atoms with E-state index in [2.05, 4.69) is 10.1 Å². The van der Waals surface area contributed by atoms with Crippen molar-refractivity contribution in [1.29, 1.82) is 0 Å². The van der Waals surface area contributed by atoms with E-state index in [0.717, 1.165) is 11.3 Å². The quantitative estimate of drug-likeness (QED) is 0.507. The average molecular weight is 297 g/mol. The molecule has 2 aromatic heterocycles. The molecule has 98 valence electrons. The van der Waals surface area contributed by atoms with Gasteiger partial charge < -0.3 is 5.73 Å². The van der Waals surface area contributed by atoms with Crippen molar-refractivity contribution < 1.29 is 9.72 Å². The molecule has 0 spiro atoms. The van der Waals surface area contributed by atoms with E-state index in [1.165, 1.54) is 23.6 Å². The molecule has 0 fully saturated rings. The van der Waals surface area contributed by atoms with E-state index in [1.807, 2.05) is 5.43 Å². The first-order valence-electron chi connectivity index (χ1n) is 4.85. The summed E-state index contributed by atoms with van der Waals surface area (Å²) in [5.74, 6) is 0. The number of hydrogen-bond donors (Lipinski definition) is 2. The lowest BCUT2D eigenvalue weighted by atomic mass is 10.5. The molecular weight excluding hydrogens is 290 g/mol. The zero-order chi connectivity index (χ0) is 13.8. The Kier molecular flexibility index (Phi) is 3.82. The van der Waals surface area contributed by atoms with Crippen LogP contribution in [0.25, 0.3) is 9.88 Å². The number of hydrazone groups is 1. The van der Waals surface area contributed by atoms with E-state index in [4.69, 9.17) is 5.73 Å². The van der Waals surface area contributed by atoms with Gasteiger partial charge in [-0.15, -0.1) is 11.3 Å². The van der Waals surface area contributed by atoms with E-state index in [-0.39, 0.29) is 5.00 Å². The second kappa shape index (κ2) is 5.54. The Morgan fingerprint density at radius 2 is 2.37 bits per heavy atom. The number of hydrogen-bond acceptors (Lipinski definition) is 7. The van der Waals surface area contributed by atoms with Gasteiger partial charge in [0.2, 0.25) is 0 Å². The fourth-order valence-electron chi connectivity index (χ4n) is 1.16. The van der Waals surface area contributed by atoms with E-state index in [0.29, 0.717) is 15.6 Å². The van der Waals surface area contributed by atoms with Crippen LogP contribution in [-0.4, -0.2) is 22.2 Å². The molecule has 0 aromatic carbocycles. The molecule has 0 atom stereocenters. The molecule has 0 saturated heterocycles. The van der Waals surface area contributed by atoms with Crippen LogP contribution in [0.15, 0.2) is 22.6 Å². The normalized spacial score (nSPS) is 10.7. The fraction of sp³-hybridized carbons (Fsp3) is 0. The van der Waals surface area contributed by atoms with Gasteiger partial charge in [0, 0.05) is 11.4 Å². The molecule has 10 heteroatoms. The van der Waals surface area contributed by atoms with Crippen molar-refractivity contribution in [1.82, 2.24) is 10.4 Å². The van der Waals surface area contributed by atoms with Crippen LogP contribution in [0.1, 0.15) is 5.69 Å². The highest BCUT2D eigenvalue weighted by Gasteiger charge is 2.13. The molecule has 0 bridgehead atoms. The number of urea groups is 1. The number of carbonyl (C=O) groups is 1. The van der Waals surface area contributed by atoms with E-state index >= 15 is 0 Å². The van der Waals surface area contributed by atoms with Gasteiger partial charge in [0.15, 0.2) is 0 Å². The predicted octanol–water partition coefficient (Wildman–Crippen LogP) is 1.78. The second-order valence-electron chi connectivity index (χ2n) is 3.21. The number of nitrogens with zero attached hydrogens (tertiary/aromatic N) is 3.